The zero-order valence-electron chi connectivity index (χ0n) is 9.58. The van der Waals surface area contributed by atoms with Crippen molar-refractivity contribution in [3.05, 3.63) is 0 Å². The van der Waals surface area contributed by atoms with Crippen molar-refractivity contribution in [1.29, 1.82) is 0 Å². The first-order valence-electron chi connectivity index (χ1n) is 6.16. The second-order valence-electron chi connectivity index (χ2n) is 5.50. The van der Waals surface area contributed by atoms with E-state index in [1.807, 2.05) is 0 Å². The Kier molecular flexibility index (Phi) is 3.13. The first-order valence-corrected chi connectivity index (χ1v) is 6.16. The van der Waals surface area contributed by atoms with Crippen molar-refractivity contribution in [2.75, 3.05) is 13.1 Å². The number of rotatable bonds is 1. The fourth-order valence-electron chi connectivity index (χ4n) is 2.97. The molecule has 0 spiro atoms. The highest BCUT2D eigenvalue weighted by atomic mass is 15.2. The lowest BCUT2D eigenvalue weighted by molar-refractivity contribution is 0.120. The molecule has 1 saturated carbocycles. The minimum atomic E-state index is 0.416. The van der Waals surface area contributed by atoms with Crippen LogP contribution in [0.2, 0.25) is 0 Å². The fourth-order valence-corrected chi connectivity index (χ4v) is 2.97. The molecule has 1 heterocycles. The number of nitrogens with zero attached hydrogens (tertiary/aromatic N) is 1. The van der Waals surface area contributed by atoms with Crippen LogP contribution < -0.4 is 5.73 Å². The van der Waals surface area contributed by atoms with E-state index >= 15 is 0 Å². The largest absolute Gasteiger partial charge is 0.326 e. The van der Waals surface area contributed by atoms with E-state index in [4.69, 9.17) is 5.73 Å². The van der Waals surface area contributed by atoms with Crippen LogP contribution in [0.5, 0.6) is 0 Å². The third-order valence-corrected chi connectivity index (χ3v) is 4.23. The summed E-state index contributed by atoms with van der Waals surface area (Å²) in [4.78, 5) is 2.65. The van der Waals surface area contributed by atoms with Crippen LogP contribution in [0.3, 0.4) is 0 Å². The summed E-state index contributed by atoms with van der Waals surface area (Å²) >= 11 is 0. The van der Waals surface area contributed by atoms with Crippen molar-refractivity contribution < 1.29 is 0 Å². The Hall–Kier alpha value is -0.0800. The lowest BCUT2D eigenvalue weighted by Crippen LogP contribution is -2.50. The fraction of sp³-hybridized carbons (Fsp3) is 1.00. The highest BCUT2D eigenvalue weighted by molar-refractivity contribution is 4.87. The molecule has 82 valence electrons. The molecule has 4 atom stereocenters. The van der Waals surface area contributed by atoms with Crippen LogP contribution in [-0.2, 0) is 0 Å². The Labute approximate surface area is 87.8 Å². The molecule has 0 bridgehead atoms. The van der Waals surface area contributed by atoms with Crippen molar-refractivity contribution in [2.45, 2.75) is 51.6 Å². The van der Waals surface area contributed by atoms with E-state index in [2.05, 4.69) is 18.7 Å². The van der Waals surface area contributed by atoms with Crippen molar-refractivity contribution >= 4 is 0 Å². The van der Waals surface area contributed by atoms with Gasteiger partial charge in [0.05, 0.1) is 0 Å². The van der Waals surface area contributed by atoms with Gasteiger partial charge in [-0.25, -0.2) is 0 Å². The maximum absolute atomic E-state index is 6.13. The topological polar surface area (TPSA) is 29.3 Å². The average molecular weight is 196 g/mol. The van der Waals surface area contributed by atoms with Crippen LogP contribution in [0.1, 0.15) is 39.5 Å². The Morgan fingerprint density at radius 1 is 1.14 bits per heavy atom. The van der Waals surface area contributed by atoms with Crippen LogP contribution in [0, 0.1) is 11.8 Å². The molecule has 2 fully saturated rings. The summed E-state index contributed by atoms with van der Waals surface area (Å²) in [5.41, 5.74) is 6.13. The van der Waals surface area contributed by atoms with Gasteiger partial charge in [-0.2, -0.15) is 0 Å². The standard InChI is InChI=1S/C12H24N2/c1-9-3-4-11(7-9)14-6-5-10(2)12(13)8-14/h9-12H,3-8,13H2,1-2H3. The molecule has 0 aromatic heterocycles. The van der Waals surface area contributed by atoms with Gasteiger partial charge in [-0.3, -0.25) is 4.90 Å². The lowest BCUT2D eigenvalue weighted by Gasteiger charge is -2.38. The summed E-state index contributed by atoms with van der Waals surface area (Å²) in [6.07, 6.45) is 5.53. The molecule has 0 aromatic carbocycles. The second-order valence-corrected chi connectivity index (χ2v) is 5.50. The Bertz CT molecular complexity index is 193. The zero-order chi connectivity index (χ0) is 10.1. The maximum Gasteiger partial charge on any atom is 0.0194 e. The summed E-state index contributed by atoms with van der Waals surface area (Å²) in [6, 6.07) is 1.27. The number of likely N-dealkylation sites (tertiary alicyclic amines) is 1. The molecular formula is C12H24N2. The highest BCUT2D eigenvalue weighted by Gasteiger charge is 2.31. The van der Waals surface area contributed by atoms with Gasteiger partial charge >= 0.3 is 0 Å². The zero-order valence-corrected chi connectivity index (χ0v) is 9.58. The Morgan fingerprint density at radius 2 is 1.93 bits per heavy atom. The molecule has 0 aromatic rings. The molecule has 2 nitrogen and oxygen atoms in total. The Morgan fingerprint density at radius 3 is 2.50 bits per heavy atom. The summed E-state index contributed by atoms with van der Waals surface area (Å²) in [6.45, 7) is 7.09. The molecule has 0 radical (unpaired) electrons. The summed E-state index contributed by atoms with van der Waals surface area (Å²) in [7, 11) is 0. The monoisotopic (exact) mass is 196 g/mol. The second kappa shape index (κ2) is 4.19. The van der Waals surface area contributed by atoms with Crippen LogP contribution in [0.15, 0.2) is 0 Å². The summed E-state index contributed by atoms with van der Waals surface area (Å²) in [5.74, 6) is 1.67. The van der Waals surface area contributed by atoms with Gasteiger partial charge in [-0.1, -0.05) is 13.8 Å². The molecule has 2 N–H and O–H groups in total. The minimum absolute atomic E-state index is 0.416. The SMILES string of the molecule is CC1CCC(N2CCC(C)C(N)C2)C1. The van der Waals surface area contributed by atoms with Crippen molar-refractivity contribution in [1.82, 2.24) is 4.90 Å². The quantitative estimate of drug-likeness (QED) is 0.693. The third-order valence-electron chi connectivity index (χ3n) is 4.23. The lowest BCUT2D eigenvalue weighted by atomic mass is 9.93. The van der Waals surface area contributed by atoms with E-state index in [1.54, 1.807) is 0 Å². The molecule has 2 rings (SSSR count). The van der Waals surface area contributed by atoms with Crippen LogP contribution >= 0.6 is 0 Å². The number of hydrogen-bond donors (Lipinski definition) is 1. The van der Waals surface area contributed by atoms with E-state index in [0.717, 1.165) is 24.4 Å². The van der Waals surface area contributed by atoms with Crippen LogP contribution in [0.25, 0.3) is 0 Å². The van der Waals surface area contributed by atoms with Gasteiger partial charge in [0, 0.05) is 18.6 Å². The average Bonchev–Trinajstić information content (AvgIpc) is 2.57. The normalized spacial score (nSPS) is 45.6. The van der Waals surface area contributed by atoms with Crippen molar-refractivity contribution in [3.8, 4) is 0 Å². The summed E-state index contributed by atoms with van der Waals surface area (Å²) in [5, 5.41) is 0. The van der Waals surface area contributed by atoms with E-state index in [1.165, 1.54) is 32.2 Å². The van der Waals surface area contributed by atoms with E-state index in [-0.39, 0.29) is 0 Å². The van der Waals surface area contributed by atoms with Gasteiger partial charge in [0.2, 0.25) is 0 Å². The van der Waals surface area contributed by atoms with Crippen LogP contribution in [0.4, 0.5) is 0 Å². The molecule has 4 unspecified atom stereocenters. The maximum atomic E-state index is 6.13. The van der Waals surface area contributed by atoms with Crippen LogP contribution in [-0.4, -0.2) is 30.1 Å². The Balaban J connectivity index is 1.87. The smallest absolute Gasteiger partial charge is 0.0194 e. The molecule has 1 aliphatic heterocycles. The number of hydrogen-bond acceptors (Lipinski definition) is 2. The molecule has 1 aliphatic carbocycles. The van der Waals surface area contributed by atoms with E-state index in [9.17, 15) is 0 Å². The van der Waals surface area contributed by atoms with Crippen molar-refractivity contribution in [2.24, 2.45) is 17.6 Å². The highest BCUT2D eigenvalue weighted by Crippen LogP contribution is 2.31. The van der Waals surface area contributed by atoms with E-state index < -0.39 is 0 Å². The minimum Gasteiger partial charge on any atom is -0.326 e. The first kappa shape index (κ1) is 10.4. The van der Waals surface area contributed by atoms with Gasteiger partial charge in [0.1, 0.15) is 0 Å². The first-order chi connectivity index (χ1) is 6.66. The molecule has 14 heavy (non-hydrogen) atoms. The van der Waals surface area contributed by atoms with Gasteiger partial charge in [0.15, 0.2) is 0 Å². The van der Waals surface area contributed by atoms with Gasteiger partial charge in [-0.05, 0) is 44.1 Å². The van der Waals surface area contributed by atoms with Crippen molar-refractivity contribution in [3.63, 3.8) is 0 Å². The third kappa shape index (κ3) is 2.12. The number of nitrogens with two attached hydrogens (primary N) is 1. The predicted molar refractivity (Wildman–Crippen MR) is 60.1 cm³/mol. The molecule has 0 amide bonds. The molecule has 1 saturated heterocycles. The summed E-state index contributed by atoms with van der Waals surface area (Å²) < 4.78 is 0. The molecular weight excluding hydrogens is 172 g/mol. The van der Waals surface area contributed by atoms with Gasteiger partial charge in [-0.15, -0.1) is 0 Å². The molecule has 2 aliphatic rings. The number of piperidine rings is 1. The van der Waals surface area contributed by atoms with Gasteiger partial charge in [0.25, 0.3) is 0 Å². The van der Waals surface area contributed by atoms with Gasteiger partial charge < -0.3 is 5.73 Å². The van der Waals surface area contributed by atoms with E-state index in [0.29, 0.717) is 6.04 Å². The molecule has 2 heteroatoms. The predicted octanol–water partition coefficient (Wildman–Crippen LogP) is 1.84.